The first-order chi connectivity index (χ1) is 12.7. The van der Waals surface area contributed by atoms with Crippen LogP contribution in [0.2, 0.25) is 5.02 Å². The molecule has 146 valence electrons. The van der Waals surface area contributed by atoms with E-state index in [4.69, 9.17) is 16.3 Å². The van der Waals surface area contributed by atoms with E-state index in [2.05, 4.69) is 10.0 Å². The average Bonchev–Trinajstić information content (AvgIpc) is 2.60. The van der Waals surface area contributed by atoms with Crippen LogP contribution in [0.4, 0.5) is 0 Å². The molecule has 0 heterocycles. The van der Waals surface area contributed by atoms with Crippen molar-refractivity contribution in [3.63, 3.8) is 0 Å². The van der Waals surface area contributed by atoms with Gasteiger partial charge in [-0.3, -0.25) is 4.79 Å². The molecule has 0 fully saturated rings. The molecule has 2 rings (SSSR count). The Balaban J connectivity index is 1.84. The van der Waals surface area contributed by atoms with Crippen LogP contribution in [0.3, 0.4) is 0 Å². The van der Waals surface area contributed by atoms with Crippen molar-refractivity contribution in [1.82, 2.24) is 10.0 Å². The fourth-order valence-electron chi connectivity index (χ4n) is 2.48. The van der Waals surface area contributed by atoms with Gasteiger partial charge in [-0.05, 0) is 56.2 Å². The third-order valence-electron chi connectivity index (χ3n) is 3.91. The van der Waals surface area contributed by atoms with Crippen LogP contribution in [0.25, 0.3) is 0 Å². The number of para-hydroxylation sites is 1. The number of sulfonamides is 1. The number of hydrogen-bond acceptors (Lipinski definition) is 4. The van der Waals surface area contributed by atoms with E-state index in [-0.39, 0.29) is 18.0 Å². The van der Waals surface area contributed by atoms with Gasteiger partial charge in [-0.1, -0.05) is 29.8 Å². The molecule has 2 aromatic carbocycles. The maximum Gasteiger partial charge on any atom is 0.241 e. The number of carbonyl (C=O) groups excluding carboxylic acids is 1. The van der Waals surface area contributed by atoms with Gasteiger partial charge in [0.25, 0.3) is 0 Å². The summed E-state index contributed by atoms with van der Waals surface area (Å²) in [7, 11) is -3.81. The largest absolute Gasteiger partial charge is 0.491 e. The lowest BCUT2D eigenvalue weighted by molar-refractivity contribution is -0.122. The molecule has 1 atom stereocenters. The van der Waals surface area contributed by atoms with Crippen LogP contribution in [-0.4, -0.2) is 33.5 Å². The molecule has 0 aromatic heterocycles. The molecule has 2 aromatic rings. The van der Waals surface area contributed by atoms with Gasteiger partial charge < -0.3 is 10.1 Å². The molecular formula is C19H23ClN2O4S. The zero-order valence-corrected chi connectivity index (χ0v) is 17.0. The SMILES string of the molecule is Cc1cccc(C)c1OCCNC(=O)[C@H](C)NS(=O)(=O)c1ccc(Cl)cc1. The van der Waals surface area contributed by atoms with E-state index in [1.807, 2.05) is 32.0 Å². The smallest absolute Gasteiger partial charge is 0.241 e. The first-order valence-electron chi connectivity index (χ1n) is 8.45. The zero-order valence-electron chi connectivity index (χ0n) is 15.5. The molecule has 0 aliphatic heterocycles. The van der Waals surface area contributed by atoms with E-state index in [0.717, 1.165) is 16.9 Å². The van der Waals surface area contributed by atoms with Crippen LogP contribution in [-0.2, 0) is 14.8 Å². The van der Waals surface area contributed by atoms with E-state index in [1.165, 1.54) is 31.2 Å². The van der Waals surface area contributed by atoms with E-state index in [1.54, 1.807) is 0 Å². The van der Waals surface area contributed by atoms with E-state index < -0.39 is 22.0 Å². The molecule has 0 spiro atoms. The van der Waals surface area contributed by atoms with Crippen LogP contribution in [0.15, 0.2) is 47.4 Å². The number of amides is 1. The summed E-state index contributed by atoms with van der Waals surface area (Å²) in [5.74, 6) is 0.362. The van der Waals surface area contributed by atoms with Crippen molar-refractivity contribution < 1.29 is 17.9 Å². The molecule has 0 unspecified atom stereocenters. The van der Waals surface area contributed by atoms with Crippen molar-refractivity contribution in [2.45, 2.75) is 31.7 Å². The molecule has 0 radical (unpaired) electrons. The highest BCUT2D eigenvalue weighted by molar-refractivity contribution is 7.89. The lowest BCUT2D eigenvalue weighted by atomic mass is 10.1. The molecule has 0 aliphatic rings. The van der Waals surface area contributed by atoms with Crippen LogP contribution >= 0.6 is 11.6 Å². The molecule has 2 N–H and O–H groups in total. The van der Waals surface area contributed by atoms with Gasteiger partial charge in [0.15, 0.2) is 0 Å². The van der Waals surface area contributed by atoms with Crippen molar-refractivity contribution in [3.05, 3.63) is 58.6 Å². The number of ether oxygens (including phenoxy) is 1. The van der Waals surface area contributed by atoms with E-state index in [9.17, 15) is 13.2 Å². The molecule has 0 saturated heterocycles. The van der Waals surface area contributed by atoms with Gasteiger partial charge in [0.05, 0.1) is 17.5 Å². The standard InChI is InChI=1S/C19H23ClN2O4S/c1-13-5-4-6-14(2)18(13)26-12-11-21-19(23)15(3)22-27(24,25)17-9-7-16(20)8-10-17/h4-10,15,22H,11-12H2,1-3H3,(H,21,23)/t15-/m0/s1. The minimum Gasteiger partial charge on any atom is -0.491 e. The Morgan fingerprint density at radius 3 is 2.30 bits per heavy atom. The maximum absolute atomic E-state index is 12.3. The number of benzene rings is 2. The molecule has 0 aliphatic carbocycles. The third kappa shape index (κ3) is 5.95. The van der Waals surface area contributed by atoms with E-state index in [0.29, 0.717) is 5.02 Å². The van der Waals surface area contributed by atoms with Gasteiger partial charge in [0.2, 0.25) is 15.9 Å². The number of aryl methyl sites for hydroxylation is 2. The van der Waals surface area contributed by atoms with Gasteiger partial charge in [-0.25, -0.2) is 8.42 Å². The van der Waals surface area contributed by atoms with Crippen LogP contribution in [0, 0.1) is 13.8 Å². The first kappa shape index (κ1) is 21.2. The summed E-state index contributed by atoms with van der Waals surface area (Å²) in [6.45, 7) is 5.94. The summed E-state index contributed by atoms with van der Waals surface area (Å²) in [6.07, 6.45) is 0. The topological polar surface area (TPSA) is 84.5 Å². The normalized spacial score (nSPS) is 12.4. The monoisotopic (exact) mass is 410 g/mol. The molecule has 6 nitrogen and oxygen atoms in total. The van der Waals surface area contributed by atoms with Gasteiger partial charge in [0.1, 0.15) is 12.4 Å². The van der Waals surface area contributed by atoms with Crippen molar-refractivity contribution in [2.24, 2.45) is 0 Å². The minimum atomic E-state index is -3.81. The third-order valence-corrected chi connectivity index (χ3v) is 5.71. The lowest BCUT2D eigenvalue weighted by Gasteiger charge is -2.16. The molecule has 8 heteroatoms. The van der Waals surface area contributed by atoms with Crippen molar-refractivity contribution in [2.75, 3.05) is 13.2 Å². The van der Waals surface area contributed by atoms with Crippen molar-refractivity contribution in [1.29, 1.82) is 0 Å². The number of nitrogens with one attached hydrogen (secondary N) is 2. The van der Waals surface area contributed by atoms with Crippen molar-refractivity contribution >= 4 is 27.5 Å². The summed E-state index contributed by atoms with van der Waals surface area (Å²) in [6, 6.07) is 10.7. The lowest BCUT2D eigenvalue weighted by Crippen LogP contribution is -2.45. The Labute approximate surface area is 164 Å². The predicted molar refractivity (Wildman–Crippen MR) is 106 cm³/mol. The summed E-state index contributed by atoms with van der Waals surface area (Å²) in [4.78, 5) is 12.2. The Hall–Kier alpha value is -2.09. The zero-order chi connectivity index (χ0) is 20.0. The van der Waals surface area contributed by atoms with Crippen LogP contribution in [0.1, 0.15) is 18.1 Å². The second-order valence-electron chi connectivity index (χ2n) is 6.16. The molecular weight excluding hydrogens is 388 g/mol. The number of carbonyl (C=O) groups is 1. The number of rotatable bonds is 8. The number of halogens is 1. The average molecular weight is 411 g/mol. The minimum absolute atomic E-state index is 0.0462. The Kier molecular flexibility index (Phi) is 7.24. The molecule has 27 heavy (non-hydrogen) atoms. The van der Waals surface area contributed by atoms with Crippen LogP contribution < -0.4 is 14.8 Å². The fraction of sp³-hybridized carbons (Fsp3) is 0.316. The highest BCUT2D eigenvalue weighted by Crippen LogP contribution is 2.21. The molecule has 0 bridgehead atoms. The first-order valence-corrected chi connectivity index (χ1v) is 10.3. The Bertz CT molecular complexity index is 878. The van der Waals surface area contributed by atoms with Crippen molar-refractivity contribution in [3.8, 4) is 5.75 Å². The highest BCUT2D eigenvalue weighted by Gasteiger charge is 2.21. The highest BCUT2D eigenvalue weighted by atomic mass is 35.5. The summed E-state index contributed by atoms with van der Waals surface area (Å²) >= 11 is 5.76. The fourth-order valence-corrected chi connectivity index (χ4v) is 3.80. The molecule has 1 amide bonds. The summed E-state index contributed by atoms with van der Waals surface area (Å²) < 4.78 is 32.6. The quantitative estimate of drug-likeness (QED) is 0.655. The second kappa shape index (κ2) is 9.21. The Morgan fingerprint density at radius 2 is 1.70 bits per heavy atom. The van der Waals surface area contributed by atoms with Crippen LogP contribution in [0.5, 0.6) is 5.75 Å². The van der Waals surface area contributed by atoms with Gasteiger partial charge in [0, 0.05) is 5.02 Å². The maximum atomic E-state index is 12.3. The number of hydrogen-bond donors (Lipinski definition) is 2. The van der Waals surface area contributed by atoms with Gasteiger partial charge in [-0.2, -0.15) is 4.72 Å². The summed E-state index contributed by atoms with van der Waals surface area (Å²) in [5, 5.41) is 3.10. The second-order valence-corrected chi connectivity index (χ2v) is 8.31. The summed E-state index contributed by atoms with van der Waals surface area (Å²) in [5.41, 5.74) is 2.04. The predicted octanol–water partition coefficient (Wildman–Crippen LogP) is 2.82. The molecule has 0 saturated carbocycles. The van der Waals surface area contributed by atoms with E-state index >= 15 is 0 Å². The van der Waals surface area contributed by atoms with Gasteiger partial charge in [-0.15, -0.1) is 0 Å². The van der Waals surface area contributed by atoms with Gasteiger partial charge >= 0.3 is 0 Å². The Morgan fingerprint density at radius 1 is 1.11 bits per heavy atom.